The van der Waals surface area contributed by atoms with Crippen molar-refractivity contribution in [1.29, 1.82) is 0 Å². The van der Waals surface area contributed by atoms with Gasteiger partial charge in [0, 0.05) is 10.3 Å². The summed E-state index contributed by atoms with van der Waals surface area (Å²) in [7, 11) is 0. The molecule has 19 heavy (non-hydrogen) atoms. The number of hydrogen-bond donors (Lipinski definition) is 1. The molecule has 2 heterocycles. The van der Waals surface area contributed by atoms with Crippen LogP contribution in [0.2, 0.25) is 0 Å². The fourth-order valence-corrected chi connectivity index (χ4v) is 3.09. The summed E-state index contributed by atoms with van der Waals surface area (Å²) in [6.45, 7) is 1.86. The van der Waals surface area contributed by atoms with Gasteiger partial charge in [-0.2, -0.15) is 0 Å². The second-order valence-electron chi connectivity index (χ2n) is 4.17. The first-order chi connectivity index (χ1) is 9.28. The van der Waals surface area contributed by atoms with Crippen LogP contribution in [0, 0.1) is 6.92 Å². The third-order valence-corrected chi connectivity index (χ3v) is 3.90. The second kappa shape index (κ2) is 4.82. The molecule has 0 saturated carbocycles. The van der Waals surface area contributed by atoms with Crippen molar-refractivity contribution < 1.29 is 5.11 Å². The molecular weight excluding hydrogens is 256 g/mol. The van der Waals surface area contributed by atoms with Gasteiger partial charge in [-0.05, 0) is 24.6 Å². The molecule has 1 N–H and O–H groups in total. The Morgan fingerprint density at radius 2 is 1.95 bits per heavy atom. The Morgan fingerprint density at radius 1 is 1.16 bits per heavy atom. The minimum absolute atomic E-state index is 0.710. The Labute approximate surface area is 114 Å². The SMILES string of the molecule is Cc1nc(/C=C\O)c2cc(-c3ccccc3)sc2n1. The van der Waals surface area contributed by atoms with E-state index in [-0.39, 0.29) is 0 Å². The monoisotopic (exact) mass is 268 g/mol. The minimum atomic E-state index is 0.710. The van der Waals surface area contributed by atoms with Crippen LogP contribution in [0.25, 0.3) is 26.7 Å². The van der Waals surface area contributed by atoms with Crippen LogP contribution in [0.15, 0.2) is 42.7 Å². The van der Waals surface area contributed by atoms with E-state index in [0.717, 1.165) is 27.0 Å². The van der Waals surface area contributed by atoms with E-state index in [2.05, 4.69) is 28.2 Å². The molecule has 0 amide bonds. The Kier molecular flexibility index (Phi) is 3.01. The van der Waals surface area contributed by atoms with Crippen molar-refractivity contribution >= 4 is 27.6 Å². The summed E-state index contributed by atoms with van der Waals surface area (Å²) in [6, 6.07) is 12.3. The molecular formula is C15H12N2OS. The molecule has 0 aliphatic rings. The number of thiophene rings is 1. The van der Waals surface area contributed by atoms with Crippen LogP contribution in [0.1, 0.15) is 11.5 Å². The van der Waals surface area contributed by atoms with Crippen molar-refractivity contribution in [3.05, 3.63) is 54.2 Å². The van der Waals surface area contributed by atoms with Gasteiger partial charge in [-0.25, -0.2) is 9.97 Å². The number of aliphatic hydroxyl groups excluding tert-OH is 1. The van der Waals surface area contributed by atoms with Crippen LogP contribution >= 0.6 is 11.3 Å². The lowest BCUT2D eigenvalue weighted by Gasteiger charge is -1.96. The first-order valence-electron chi connectivity index (χ1n) is 5.92. The van der Waals surface area contributed by atoms with Crippen molar-refractivity contribution in [1.82, 2.24) is 9.97 Å². The number of nitrogens with zero attached hydrogens (tertiary/aromatic N) is 2. The lowest BCUT2D eigenvalue weighted by atomic mass is 10.1. The normalized spacial score (nSPS) is 11.4. The summed E-state index contributed by atoms with van der Waals surface area (Å²) in [5.74, 6) is 0.710. The van der Waals surface area contributed by atoms with Gasteiger partial charge in [0.05, 0.1) is 12.0 Å². The van der Waals surface area contributed by atoms with Gasteiger partial charge < -0.3 is 5.11 Å². The molecule has 3 nitrogen and oxygen atoms in total. The van der Waals surface area contributed by atoms with Crippen molar-refractivity contribution in [2.24, 2.45) is 0 Å². The molecule has 2 aromatic heterocycles. The van der Waals surface area contributed by atoms with Crippen molar-refractivity contribution in [2.45, 2.75) is 6.92 Å². The zero-order valence-electron chi connectivity index (χ0n) is 10.4. The summed E-state index contributed by atoms with van der Waals surface area (Å²) < 4.78 is 0. The fraction of sp³-hybridized carbons (Fsp3) is 0.0667. The van der Waals surface area contributed by atoms with Crippen LogP contribution in [0.3, 0.4) is 0 Å². The first-order valence-corrected chi connectivity index (χ1v) is 6.74. The third-order valence-electron chi connectivity index (χ3n) is 2.82. The van der Waals surface area contributed by atoms with Crippen molar-refractivity contribution in [3.8, 4) is 10.4 Å². The summed E-state index contributed by atoms with van der Waals surface area (Å²) in [5.41, 5.74) is 1.92. The maximum atomic E-state index is 8.96. The van der Waals surface area contributed by atoms with Crippen molar-refractivity contribution in [3.63, 3.8) is 0 Å². The number of aromatic nitrogens is 2. The highest BCUT2D eigenvalue weighted by Gasteiger charge is 2.09. The fourth-order valence-electron chi connectivity index (χ4n) is 2.00. The van der Waals surface area contributed by atoms with Gasteiger partial charge >= 0.3 is 0 Å². The van der Waals surface area contributed by atoms with Gasteiger partial charge in [-0.1, -0.05) is 30.3 Å². The van der Waals surface area contributed by atoms with Gasteiger partial charge in [0.25, 0.3) is 0 Å². The van der Waals surface area contributed by atoms with E-state index < -0.39 is 0 Å². The molecule has 0 spiro atoms. The van der Waals surface area contributed by atoms with E-state index in [0.29, 0.717) is 5.82 Å². The van der Waals surface area contributed by atoms with Gasteiger partial charge in [-0.3, -0.25) is 0 Å². The van der Waals surface area contributed by atoms with Gasteiger partial charge in [0.2, 0.25) is 0 Å². The van der Waals surface area contributed by atoms with Crippen molar-refractivity contribution in [2.75, 3.05) is 0 Å². The quantitative estimate of drug-likeness (QED) is 0.709. The molecule has 0 aliphatic heterocycles. The maximum Gasteiger partial charge on any atom is 0.128 e. The highest BCUT2D eigenvalue weighted by molar-refractivity contribution is 7.21. The maximum absolute atomic E-state index is 8.96. The molecule has 1 aromatic carbocycles. The molecule has 3 aromatic rings. The molecule has 94 valence electrons. The Bertz CT molecular complexity index is 747. The van der Waals surface area contributed by atoms with E-state index in [1.165, 1.54) is 5.56 Å². The molecule has 0 atom stereocenters. The molecule has 0 bridgehead atoms. The summed E-state index contributed by atoms with van der Waals surface area (Å²) >= 11 is 1.64. The number of hydrogen-bond acceptors (Lipinski definition) is 4. The summed E-state index contributed by atoms with van der Waals surface area (Å²) in [4.78, 5) is 10.9. The molecule has 0 aliphatic carbocycles. The Morgan fingerprint density at radius 3 is 2.68 bits per heavy atom. The minimum Gasteiger partial charge on any atom is -0.516 e. The largest absolute Gasteiger partial charge is 0.516 e. The molecule has 0 saturated heterocycles. The van der Waals surface area contributed by atoms with Gasteiger partial charge in [-0.15, -0.1) is 11.3 Å². The number of benzene rings is 1. The molecule has 3 rings (SSSR count). The molecule has 0 radical (unpaired) electrons. The number of rotatable bonds is 2. The predicted octanol–water partition coefficient (Wildman–Crippen LogP) is 4.20. The summed E-state index contributed by atoms with van der Waals surface area (Å²) in [6.07, 6.45) is 2.61. The molecule has 0 unspecified atom stereocenters. The van der Waals surface area contributed by atoms with E-state index >= 15 is 0 Å². The highest BCUT2D eigenvalue weighted by atomic mass is 32.1. The van der Waals surface area contributed by atoms with Crippen LogP contribution in [-0.4, -0.2) is 15.1 Å². The van der Waals surface area contributed by atoms with Crippen LogP contribution in [-0.2, 0) is 0 Å². The Hall–Kier alpha value is -2.20. The zero-order chi connectivity index (χ0) is 13.2. The lowest BCUT2D eigenvalue weighted by Crippen LogP contribution is -1.90. The highest BCUT2D eigenvalue weighted by Crippen LogP contribution is 2.33. The standard InChI is InChI=1S/C15H12N2OS/c1-10-16-13(7-8-18)12-9-14(19-15(12)17-10)11-5-3-2-4-6-11/h2-9,18H,1H3/b8-7-. The number of aryl methyl sites for hydroxylation is 1. The van der Waals surface area contributed by atoms with Crippen LogP contribution in [0.5, 0.6) is 0 Å². The van der Waals surface area contributed by atoms with E-state index in [1.54, 1.807) is 17.4 Å². The smallest absolute Gasteiger partial charge is 0.128 e. The van der Waals surface area contributed by atoms with E-state index in [4.69, 9.17) is 5.11 Å². The van der Waals surface area contributed by atoms with E-state index in [1.807, 2.05) is 25.1 Å². The summed E-state index contributed by atoms with van der Waals surface area (Å²) in [5, 5.41) is 9.93. The molecule has 4 heteroatoms. The number of aliphatic hydroxyl groups is 1. The first kappa shape index (κ1) is 11.9. The third kappa shape index (κ3) is 2.22. The second-order valence-corrected chi connectivity index (χ2v) is 5.20. The number of fused-ring (bicyclic) bond motifs is 1. The van der Waals surface area contributed by atoms with E-state index in [9.17, 15) is 0 Å². The lowest BCUT2D eigenvalue weighted by molar-refractivity contribution is 0.478. The van der Waals surface area contributed by atoms with Gasteiger partial charge in [0.1, 0.15) is 10.7 Å². The van der Waals surface area contributed by atoms with Gasteiger partial charge in [0.15, 0.2) is 0 Å². The van der Waals surface area contributed by atoms with Crippen LogP contribution < -0.4 is 0 Å². The topological polar surface area (TPSA) is 46.0 Å². The zero-order valence-corrected chi connectivity index (χ0v) is 11.2. The average molecular weight is 268 g/mol. The Balaban J connectivity index is 2.23. The predicted molar refractivity (Wildman–Crippen MR) is 79.3 cm³/mol. The molecule has 0 fully saturated rings. The average Bonchev–Trinajstić information content (AvgIpc) is 2.84. The van der Waals surface area contributed by atoms with Crippen LogP contribution in [0.4, 0.5) is 0 Å².